The molecule has 38 heavy (non-hydrogen) atoms. The molecule has 0 fully saturated rings. The topological polar surface area (TPSA) is 194 Å². The summed E-state index contributed by atoms with van der Waals surface area (Å²) in [5.74, 6) is -1.44. The van der Waals surface area contributed by atoms with Crippen LogP contribution in [0.4, 0.5) is 0 Å². The highest BCUT2D eigenvalue weighted by atomic mass is 16.5. The Balaban J connectivity index is 2.59. The van der Waals surface area contributed by atoms with E-state index in [0.717, 1.165) is 0 Å². The van der Waals surface area contributed by atoms with E-state index in [9.17, 15) is 19.2 Å². The predicted octanol–water partition coefficient (Wildman–Crippen LogP) is -1.59. The van der Waals surface area contributed by atoms with E-state index >= 15 is 0 Å². The summed E-state index contributed by atoms with van der Waals surface area (Å²) in [6, 6.07) is -2.17. The molecule has 0 bridgehead atoms. The van der Waals surface area contributed by atoms with Gasteiger partial charge in [-0.25, -0.2) is 4.68 Å². The number of aromatic nitrogens is 3. The number of carbonyl (C=O) groups is 4. The zero-order chi connectivity index (χ0) is 28.5. The SMILES string of the molecule is CNC(CCC(=O)NCc1cn(CCOC)nn1)C(=O)NC(C(=O)NC(CCCNCN)C(C)=O)C(C)C. The number of amides is 3. The molecule has 0 aromatic carbocycles. The van der Waals surface area contributed by atoms with Gasteiger partial charge < -0.3 is 37.1 Å². The summed E-state index contributed by atoms with van der Waals surface area (Å²) in [5, 5.41) is 22.1. The van der Waals surface area contributed by atoms with Gasteiger partial charge in [-0.2, -0.15) is 0 Å². The zero-order valence-electron chi connectivity index (χ0n) is 23.2. The number of methoxy groups -OCH3 is 1. The molecule has 1 heterocycles. The molecule has 3 amide bonds. The Bertz CT molecular complexity index is 877. The van der Waals surface area contributed by atoms with Crippen molar-refractivity contribution in [2.24, 2.45) is 11.7 Å². The average molecular weight is 540 g/mol. The third-order valence-corrected chi connectivity index (χ3v) is 5.95. The fourth-order valence-electron chi connectivity index (χ4n) is 3.63. The van der Waals surface area contributed by atoms with E-state index in [1.54, 1.807) is 25.0 Å². The molecule has 1 aromatic heterocycles. The van der Waals surface area contributed by atoms with Crippen LogP contribution in [0.2, 0.25) is 0 Å². The number of nitrogens with one attached hydrogen (secondary N) is 5. The van der Waals surface area contributed by atoms with E-state index in [2.05, 4.69) is 36.9 Å². The van der Waals surface area contributed by atoms with E-state index in [4.69, 9.17) is 10.5 Å². The van der Waals surface area contributed by atoms with Crippen LogP contribution >= 0.6 is 0 Å². The molecule has 0 spiro atoms. The lowest BCUT2D eigenvalue weighted by molar-refractivity contribution is -0.133. The first-order chi connectivity index (χ1) is 18.1. The predicted molar refractivity (Wildman–Crippen MR) is 141 cm³/mol. The lowest BCUT2D eigenvalue weighted by atomic mass is 10.0. The number of hydrogen-bond donors (Lipinski definition) is 6. The molecule has 0 aliphatic heterocycles. The summed E-state index contributed by atoms with van der Waals surface area (Å²) in [7, 11) is 3.22. The molecule has 3 atom stereocenters. The van der Waals surface area contributed by atoms with Crippen LogP contribution in [0.25, 0.3) is 0 Å². The Labute approximate surface area is 224 Å². The molecule has 14 heteroatoms. The summed E-state index contributed by atoms with van der Waals surface area (Å²) in [6.07, 6.45) is 3.18. The van der Waals surface area contributed by atoms with E-state index < -0.39 is 29.9 Å². The molecular formula is C24H45N9O5. The van der Waals surface area contributed by atoms with Crippen LogP contribution in [-0.2, 0) is 37.0 Å². The van der Waals surface area contributed by atoms with Crippen LogP contribution in [-0.4, -0.2) is 90.6 Å². The number of rotatable bonds is 20. The van der Waals surface area contributed by atoms with E-state index in [-0.39, 0.29) is 37.0 Å². The van der Waals surface area contributed by atoms with E-state index in [1.165, 1.54) is 6.92 Å². The largest absolute Gasteiger partial charge is 0.383 e. The molecular weight excluding hydrogens is 494 g/mol. The third kappa shape index (κ3) is 12.5. The second-order valence-corrected chi connectivity index (χ2v) is 9.37. The third-order valence-electron chi connectivity index (χ3n) is 5.95. The first-order valence-electron chi connectivity index (χ1n) is 13.0. The Kier molecular flexibility index (Phi) is 16.0. The Morgan fingerprint density at radius 2 is 1.84 bits per heavy atom. The van der Waals surface area contributed by atoms with Gasteiger partial charge in [0.2, 0.25) is 17.7 Å². The smallest absolute Gasteiger partial charge is 0.243 e. The van der Waals surface area contributed by atoms with Gasteiger partial charge in [0.25, 0.3) is 0 Å². The van der Waals surface area contributed by atoms with Gasteiger partial charge in [0, 0.05) is 20.2 Å². The summed E-state index contributed by atoms with van der Waals surface area (Å²) in [5.41, 5.74) is 6.02. The number of likely N-dealkylation sites (N-methyl/N-ethyl adjacent to an activating group) is 1. The van der Waals surface area contributed by atoms with Crippen molar-refractivity contribution in [1.29, 1.82) is 0 Å². The molecule has 0 aliphatic rings. The van der Waals surface area contributed by atoms with E-state index in [1.807, 2.05) is 13.8 Å². The van der Waals surface area contributed by atoms with Gasteiger partial charge >= 0.3 is 0 Å². The highest BCUT2D eigenvalue weighted by Crippen LogP contribution is 2.07. The van der Waals surface area contributed by atoms with Gasteiger partial charge in [-0.15, -0.1) is 5.10 Å². The number of ether oxygens (including phenoxy) is 1. The lowest BCUT2D eigenvalue weighted by Crippen LogP contribution is -2.56. The van der Waals surface area contributed by atoms with Gasteiger partial charge in [0.05, 0.1) is 38.0 Å². The maximum Gasteiger partial charge on any atom is 0.243 e. The Morgan fingerprint density at radius 1 is 1.11 bits per heavy atom. The van der Waals surface area contributed by atoms with Gasteiger partial charge in [0.1, 0.15) is 11.7 Å². The standard InChI is InChI=1S/C24H45N9O5/c1-16(2)22(24(37)29-19(17(3)34)7-6-10-27-15-25)30-23(36)20(26-4)8-9-21(35)28-13-18-14-33(32-31-18)11-12-38-5/h14,16,19-20,22,26-27H,6-13,15,25H2,1-5H3,(H,28,35)(H,29,37)(H,30,36). The number of carbonyl (C=O) groups excluding carboxylic acids is 4. The molecule has 1 aromatic rings. The first kappa shape index (κ1) is 33.1. The van der Waals surface area contributed by atoms with Crippen molar-refractivity contribution in [3.05, 3.63) is 11.9 Å². The summed E-state index contributed by atoms with van der Waals surface area (Å²) in [6.45, 7) is 7.31. The fourth-order valence-corrected chi connectivity index (χ4v) is 3.63. The number of hydrogen-bond acceptors (Lipinski definition) is 10. The molecule has 7 N–H and O–H groups in total. The molecule has 0 saturated heterocycles. The normalized spacial score (nSPS) is 13.6. The lowest BCUT2D eigenvalue weighted by Gasteiger charge is -2.26. The van der Waals surface area contributed by atoms with Crippen LogP contribution in [0.1, 0.15) is 52.1 Å². The molecule has 0 radical (unpaired) electrons. The van der Waals surface area contributed by atoms with Crippen LogP contribution in [0.5, 0.6) is 0 Å². The van der Waals surface area contributed by atoms with Crippen LogP contribution in [0.3, 0.4) is 0 Å². The van der Waals surface area contributed by atoms with Crippen molar-refractivity contribution in [3.8, 4) is 0 Å². The molecule has 0 saturated carbocycles. The van der Waals surface area contributed by atoms with Crippen molar-refractivity contribution in [1.82, 2.24) is 41.6 Å². The van der Waals surface area contributed by atoms with Crippen LogP contribution in [0.15, 0.2) is 6.20 Å². The van der Waals surface area contributed by atoms with Gasteiger partial charge in [0.15, 0.2) is 5.78 Å². The first-order valence-corrected chi connectivity index (χ1v) is 13.0. The van der Waals surface area contributed by atoms with Crippen LogP contribution in [0, 0.1) is 5.92 Å². The molecule has 1 rings (SSSR count). The monoisotopic (exact) mass is 539 g/mol. The van der Waals surface area contributed by atoms with E-state index in [0.29, 0.717) is 44.9 Å². The molecule has 14 nitrogen and oxygen atoms in total. The van der Waals surface area contributed by atoms with Gasteiger partial charge in [-0.1, -0.05) is 19.1 Å². The second kappa shape index (κ2) is 18.3. The van der Waals surface area contributed by atoms with Crippen molar-refractivity contribution in [3.63, 3.8) is 0 Å². The second-order valence-electron chi connectivity index (χ2n) is 9.37. The number of nitrogens with zero attached hydrogens (tertiary/aromatic N) is 3. The summed E-state index contributed by atoms with van der Waals surface area (Å²) < 4.78 is 6.63. The maximum atomic E-state index is 13.0. The highest BCUT2D eigenvalue weighted by molar-refractivity contribution is 5.93. The summed E-state index contributed by atoms with van der Waals surface area (Å²) >= 11 is 0. The highest BCUT2D eigenvalue weighted by Gasteiger charge is 2.29. The Hall–Kier alpha value is -2.94. The van der Waals surface area contributed by atoms with Gasteiger partial charge in [-0.3, -0.25) is 19.2 Å². The van der Waals surface area contributed by atoms with Crippen molar-refractivity contribution in [2.45, 2.75) is 77.7 Å². The number of nitrogens with two attached hydrogens (primary N) is 1. The maximum absolute atomic E-state index is 13.0. The minimum atomic E-state index is -0.836. The average Bonchev–Trinajstić information content (AvgIpc) is 3.34. The Morgan fingerprint density at radius 3 is 2.45 bits per heavy atom. The molecule has 0 aliphatic carbocycles. The number of Topliss-reactive ketones (excluding diaryl/α,β-unsaturated/α-hetero) is 1. The van der Waals surface area contributed by atoms with Crippen molar-refractivity contribution >= 4 is 23.5 Å². The van der Waals surface area contributed by atoms with Gasteiger partial charge in [-0.05, 0) is 45.7 Å². The van der Waals surface area contributed by atoms with Crippen molar-refractivity contribution in [2.75, 3.05) is 34.0 Å². The fraction of sp³-hybridized carbons (Fsp3) is 0.750. The molecule has 3 unspecified atom stereocenters. The summed E-state index contributed by atoms with van der Waals surface area (Å²) in [4.78, 5) is 50.3. The minimum absolute atomic E-state index is 0.0958. The van der Waals surface area contributed by atoms with Crippen LogP contribution < -0.4 is 32.3 Å². The zero-order valence-corrected chi connectivity index (χ0v) is 23.2. The molecule has 216 valence electrons. The van der Waals surface area contributed by atoms with Crippen molar-refractivity contribution < 1.29 is 23.9 Å². The minimum Gasteiger partial charge on any atom is -0.383 e. The number of ketones is 1. The quantitative estimate of drug-likeness (QED) is 0.0830.